The predicted octanol–water partition coefficient (Wildman–Crippen LogP) is 3.73. The van der Waals surface area contributed by atoms with Gasteiger partial charge in [-0.15, -0.1) is 11.3 Å². The molecule has 1 aromatic carbocycles. The highest BCUT2D eigenvalue weighted by Gasteiger charge is 2.29. The quantitative estimate of drug-likeness (QED) is 0.680. The number of nitrogens with one attached hydrogen (secondary N) is 1. The Balaban J connectivity index is 1.62. The molecule has 4 rings (SSSR count). The summed E-state index contributed by atoms with van der Waals surface area (Å²) in [6.07, 6.45) is 4.91. The molecule has 1 saturated heterocycles. The molecule has 160 valence electrons. The highest BCUT2D eigenvalue weighted by atomic mass is 32.2. The number of nitrogens with zero attached hydrogens (tertiary/aromatic N) is 1. The van der Waals surface area contributed by atoms with E-state index in [1.165, 1.54) is 23.5 Å². The van der Waals surface area contributed by atoms with Gasteiger partial charge in [0.1, 0.15) is 5.00 Å². The van der Waals surface area contributed by atoms with Crippen LogP contribution in [0, 0.1) is 0 Å². The van der Waals surface area contributed by atoms with Crippen molar-refractivity contribution in [3.8, 4) is 0 Å². The minimum atomic E-state index is -3.89. The van der Waals surface area contributed by atoms with E-state index in [1.54, 1.807) is 24.0 Å². The molecule has 9 heteroatoms. The SMILES string of the molecule is CCOC(=O)c1c(NS(=O)(=O)c2ccc(N3CCCC3=O)cc2)sc2c1CCCC2. The second kappa shape index (κ2) is 8.39. The molecule has 0 bridgehead atoms. The summed E-state index contributed by atoms with van der Waals surface area (Å²) in [4.78, 5) is 27.2. The number of benzene rings is 1. The Kier molecular flexibility index (Phi) is 5.84. The summed E-state index contributed by atoms with van der Waals surface area (Å²) in [7, 11) is -3.89. The molecule has 7 nitrogen and oxygen atoms in total. The highest BCUT2D eigenvalue weighted by Crippen LogP contribution is 2.39. The van der Waals surface area contributed by atoms with E-state index in [1.807, 2.05) is 0 Å². The van der Waals surface area contributed by atoms with Crippen LogP contribution in [0.2, 0.25) is 0 Å². The molecule has 0 radical (unpaired) electrons. The zero-order valence-corrected chi connectivity index (χ0v) is 18.4. The number of anilines is 2. The number of fused-ring (bicyclic) bond motifs is 1. The first-order valence-corrected chi connectivity index (χ1v) is 12.5. The van der Waals surface area contributed by atoms with E-state index in [2.05, 4.69) is 4.72 Å². The van der Waals surface area contributed by atoms with Crippen LogP contribution in [0.1, 0.15) is 53.4 Å². The lowest BCUT2D eigenvalue weighted by atomic mass is 9.95. The van der Waals surface area contributed by atoms with Crippen LogP contribution in [0.3, 0.4) is 0 Å². The van der Waals surface area contributed by atoms with Gasteiger partial charge in [-0.2, -0.15) is 0 Å². The van der Waals surface area contributed by atoms with Crippen LogP contribution in [0.5, 0.6) is 0 Å². The minimum Gasteiger partial charge on any atom is -0.462 e. The number of carbonyl (C=O) groups is 2. The first kappa shape index (κ1) is 20.9. The van der Waals surface area contributed by atoms with Gasteiger partial charge in [-0.3, -0.25) is 9.52 Å². The summed E-state index contributed by atoms with van der Waals surface area (Å²) < 4.78 is 33.8. The molecule has 0 spiro atoms. The second-order valence-electron chi connectivity index (χ2n) is 7.38. The molecule has 1 aromatic heterocycles. The molecule has 1 N–H and O–H groups in total. The van der Waals surface area contributed by atoms with Gasteiger partial charge in [0.2, 0.25) is 5.91 Å². The molecular formula is C21H24N2O5S2. The Bertz CT molecular complexity index is 1070. The zero-order valence-electron chi connectivity index (χ0n) is 16.8. The van der Waals surface area contributed by atoms with Crippen LogP contribution >= 0.6 is 11.3 Å². The fraction of sp³-hybridized carbons (Fsp3) is 0.429. The van der Waals surface area contributed by atoms with Gasteiger partial charge in [0.25, 0.3) is 10.0 Å². The average molecular weight is 449 g/mol. The zero-order chi connectivity index (χ0) is 21.3. The summed E-state index contributed by atoms with van der Waals surface area (Å²) in [6.45, 7) is 2.60. The van der Waals surface area contributed by atoms with Crippen molar-refractivity contribution < 1.29 is 22.7 Å². The Morgan fingerprint density at radius 3 is 2.53 bits per heavy atom. The van der Waals surface area contributed by atoms with Crippen LogP contribution in [0.4, 0.5) is 10.7 Å². The van der Waals surface area contributed by atoms with Gasteiger partial charge in [0.05, 0.1) is 17.1 Å². The van der Waals surface area contributed by atoms with Crippen LogP contribution < -0.4 is 9.62 Å². The third-order valence-electron chi connectivity index (χ3n) is 5.41. The van der Waals surface area contributed by atoms with Crippen molar-refractivity contribution in [3.63, 3.8) is 0 Å². The van der Waals surface area contributed by atoms with E-state index < -0.39 is 16.0 Å². The number of aryl methyl sites for hydroxylation is 1. The van der Waals surface area contributed by atoms with Crippen molar-refractivity contribution in [3.05, 3.63) is 40.3 Å². The molecule has 0 saturated carbocycles. The van der Waals surface area contributed by atoms with Crippen LogP contribution in [-0.4, -0.2) is 33.4 Å². The van der Waals surface area contributed by atoms with Crippen molar-refractivity contribution in [2.24, 2.45) is 0 Å². The summed E-state index contributed by atoms with van der Waals surface area (Å²) in [5.74, 6) is -0.440. The third-order valence-corrected chi connectivity index (χ3v) is 8.11. The molecule has 0 atom stereocenters. The van der Waals surface area contributed by atoms with Crippen molar-refractivity contribution in [1.29, 1.82) is 0 Å². The third kappa shape index (κ3) is 3.96. The lowest BCUT2D eigenvalue weighted by molar-refractivity contribution is -0.117. The van der Waals surface area contributed by atoms with Gasteiger partial charge in [-0.25, -0.2) is 13.2 Å². The number of carbonyl (C=O) groups excluding carboxylic acids is 2. The lowest BCUT2D eigenvalue weighted by Gasteiger charge is -2.16. The average Bonchev–Trinajstić information content (AvgIpc) is 3.30. The van der Waals surface area contributed by atoms with Gasteiger partial charge in [-0.1, -0.05) is 0 Å². The van der Waals surface area contributed by atoms with E-state index in [9.17, 15) is 18.0 Å². The Morgan fingerprint density at radius 1 is 1.13 bits per heavy atom. The van der Waals surface area contributed by atoms with Crippen molar-refractivity contribution in [2.75, 3.05) is 22.8 Å². The summed E-state index contributed by atoms with van der Waals surface area (Å²) >= 11 is 1.32. The van der Waals surface area contributed by atoms with Gasteiger partial charge in [0, 0.05) is 23.5 Å². The number of amides is 1. The molecular weight excluding hydrogens is 424 g/mol. The maximum atomic E-state index is 13.0. The number of hydrogen-bond donors (Lipinski definition) is 1. The van der Waals surface area contributed by atoms with E-state index in [0.717, 1.165) is 42.5 Å². The molecule has 2 aliphatic rings. The van der Waals surface area contributed by atoms with Gasteiger partial charge in [0.15, 0.2) is 0 Å². The van der Waals surface area contributed by atoms with Crippen molar-refractivity contribution >= 4 is 43.9 Å². The highest BCUT2D eigenvalue weighted by molar-refractivity contribution is 7.93. The molecule has 1 aliphatic heterocycles. The molecule has 1 amide bonds. The fourth-order valence-corrected chi connectivity index (χ4v) is 6.55. The van der Waals surface area contributed by atoms with E-state index in [4.69, 9.17) is 4.74 Å². The Hall–Kier alpha value is -2.39. The molecule has 1 aliphatic carbocycles. The second-order valence-corrected chi connectivity index (χ2v) is 10.2. The number of hydrogen-bond acceptors (Lipinski definition) is 6. The monoisotopic (exact) mass is 448 g/mol. The van der Waals surface area contributed by atoms with E-state index in [-0.39, 0.29) is 17.4 Å². The molecule has 1 fully saturated rings. The van der Waals surface area contributed by atoms with Crippen molar-refractivity contribution in [2.45, 2.75) is 50.3 Å². The molecule has 2 heterocycles. The number of rotatable bonds is 6. The molecule has 2 aromatic rings. The van der Waals surface area contributed by atoms with Crippen LogP contribution in [0.25, 0.3) is 0 Å². The fourth-order valence-electron chi connectivity index (χ4n) is 3.96. The summed E-state index contributed by atoms with van der Waals surface area (Å²) in [6, 6.07) is 6.26. The van der Waals surface area contributed by atoms with E-state index >= 15 is 0 Å². The Labute approximate surface area is 180 Å². The van der Waals surface area contributed by atoms with Crippen molar-refractivity contribution in [1.82, 2.24) is 0 Å². The smallest absolute Gasteiger partial charge is 0.341 e. The first-order valence-electron chi connectivity index (χ1n) is 10.2. The number of sulfonamides is 1. The van der Waals surface area contributed by atoms with Gasteiger partial charge in [-0.05, 0) is 68.9 Å². The summed E-state index contributed by atoms with van der Waals surface area (Å²) in [5.41, 5.74) is 1.94. The number of esters is 1. The maximum Gasteiger partial charge on any atom is 0.341 e. The van der Waals surface area contributed by atoms with Crippen LogP contribution in [-0.2, 0) is 32.4 Å². The molecule has 30 heavy (non-hydrogen) atoms. The van der Waals surface area contributed by atoms with E-state index in [0.29, 0.717) is 29.2 Å². The Morgan fingerprint density at radius 2 is 1.87 bits per heavy atom. The normalized spacial score (nSPS) is 16.4. The van der Waals surface area contributed by atoms with Gasteiger partial charge >= 0.3 is 5.97 Å². The largest absolute Gasteiger partial charge is 0.462 e. The van der Waals surface area contributed by atoms with Gasteiger partial charge < -0.3 is 9.64 Å². The standard InChI is InChI=1S/C21H24N2O5S2/c1-2-28-21(25)19-16-6-3-4-7-17(16)29-20(19)22-30(26,27)15-11-9-14(10-12-15)23-13-5-8-18(23)24/h9-12,22H,2-8,13H2,1H3. The maximum absolute atomic E-state index is 13.0. The predicted molar refractivity (Wildman–Crippen MR) is 116 cm³/mol. The first-order chi connectivity index (χ1) is 14.4. The molecule has 0 unspecified atom stereocenters. The topological polar surface area (TPSA) is 92.8 Å². The number of thiophene rings is 1. The lowest BCUT2D eigenvalue weighted by Crippen LogP contribution is -2.23. The summed E-state index contributed by atoms with van der Waals surface area (Å²) in [5, 5.41) is 0.319. The van der Waals surface area contributed by atoms with Crippen LogP contribution in [0.15, 0.2) is 29.2 Å². The number of ether oxygens (including phenoxy) is 1. The minimum absolute atomic E-state index is 0.0481.